The van der Waals surface area contributed by atoms with Crippen molar-refractivity contribution in [2.24, 2.45) is 0 Å². The minimum atomic E-state index is -1.47. The average molecular weight is 659 g/mol. The molecule has 3 rings (SSSR count). The quantitative estimate of drug-likeness (QED) is 0.178. The van der Waals surface area contributed by atoms with Crippen LogP contribution in [0.25, 0.3) is 0 Å². The molecule has 16 nitrogen and oxygen atoms in total. The fourth-order valence-corrected chi connectivity index (χ4v) is 6.63. The van der Waals surface area contributed by atoms with Gasteiger partial charge in [0.1, 0.15) is 67.1 Å². The van der Waals surface area contributed by atoms with Crippen molar-refractivity contribution in [1.29, 1.82) is 0 Å². The summed E-state index contributed by atoms with van der Waals surface area (Å²) in [4.78, 5) is 0. The Morgan fingerprint density at radius 2 is 1.04 bits per heavy atom. The van der Waals surface area contributed by atoms with E-state index in [1.54, 1.807) is 56.9 Å². The molecule has 0 N–H and O–H groups in total. The lowest BCUT2D eigenvalue weighted by Crippen LogP contribution is -2.66. The zero-order valence-electron chi connectivity index (χ0n) is 28.4. The molecule has 13 atom stereocenters. The monoisotopic (exact) mass is 658 g/mol. The first kappa shape index (κ1) is 38.8. The summed E-state index contributed by atoms with van der Waals surface area (Å²) in [6.45, 7) is 0.505. The maximum atomic E-state index is 6.64. The van der Waals surface area contributed by atoms with E-state index < -0.39 is 78.9 Å². The normalized spacial score (nSPS) is 42.3. The van der Waals surface area contributed by atoms with Gasteiger partial charge in [0.15, 0.2) is 12.6 Å². The SMILES string of the molecule is COCC1OC(OCC2OC(OC3(COC)OCC(COC)(OC)C3OC)C(OC)C(OC)C2OC)C(OC)C(OC)C1OC. The van der Waals surface area contributed by atoms with Gasteiger partial charge in [0.05, 0.1) is 26.4 Å². The summed E-state index contributed by atoms with van der Waals surface area (Å²) in [6.07, 6.45) is -7.52. The van der Waals surface area contributed by atoms with E-state index in [2.05, 4.69) is 0 Å². The summed E-state index contributed by atoms with van der Waals surface area (Å²) in [5.74, 6) is -1.47. The molecule has 266 valence electrons. The van der Waals surface area contributed by atoms with Crippen LogP contribution in [0, 0.1) is 0 Å². The summed E-state index contributed by atoms with van der Waals surface area (Å²) < 4.78 is 95.0. The highest BCUT2D eigenvalue weighted by Gasteiger charge is 2.64. The molecule has 3 saturated heterocycles. The molecule has 0 aromatic carbocycles. The lowest BCUT2D eigenvalue weighted by molar-refractivity contribution is -0.391. The molecule has 16 heteroatoms. The molecule has 3 heterocycles. The molecule has 0 bridgehead atoms. The lowest BCUT2D eigenvalue weighted by Gasteiger charge is -2.48. The fraction of sp³-hybridized carbons (Fsp3) is 1.00. The molecule has 0 amide bonds. The van der Waals surface area contributed by atoms with Crippen LogP contribution in [0.3, 0.4) is 0 Å². The Labute approximate surface area is 266 Å². The van der Waals surface area contributed by atoms with Crippen LogP contribution in [-0.4, -0.2) is 190 Å². The molecule has 0 spiro atoms. The Morgan fingerprint density at radius 3 is 1.51 bits per heavy atom. The number of methoxy groups -OCH3 is 11. The van der Waals surface area contributed by atoms with Crippen LogP contribution >= 0.6 is 0 Å². The van der Waals surface area contributed by atoms with Gasteiger partial charge in [-0.3, -0.25) is 0 Å². The van der Waals surface area contributed by atoms with Crippen molar-refractivity contribution in [1.82, 2.24) is 0 Å². The van der Waals surface area contributed by atoms with Crippen LogP contribution in [-0.2, 0) is 75.8 Å². The van der Waals surface area contributed by atoms with Gasteiger partial charge in [-0.25, -0.2) is 0 Å². The second-order valence-electron chi connectivity index (χ2n) is 11.0. The zero-order chi connectivity index (χ0) is 33.2. The fourth-order valence-electron chi connectivity index (χ4n) is 6.63. The predicted molar refractivity (Wildman–Crippen MR) is 154 cm³/mol. The summed E-state index contributed by atoms with van der Waals surface area (Å²) in [7, 11) is 17.1. The van der Waals surface area contributed by atoms with Gasteiger partial charge in [0, 0.05) is 78.2 Å². The predicted octanol–water partition coefficient (Wildman–Crippen LogP) is -0.375. The van der Waals surface area contributed by atoms with Gasteiger partial charge in [-0.2, -0.15) is 0 Å². The lowest BCUT2D eigenvalue weighted by atomic mass is 9.94. The second-order valence-corrected chi connectivity index (χ2v) is 11.0. The number of hydrogen-bond donors (Lipinski definition) is 0. The Balaban J connectivity index is 1.90. The molecular formula is C29H54O16. The van der Waals surface area contributed by atoms with Crippen LogP contribution in [0.15, 0.2) is 0 Å². The Morgan fingerprint density at radius 1 is 0.533 bits per heavy atom. The summed E-state index contributed by atoms with van der Waals surface area (Å²) in [6, 6.07) is 0. The first-order valence-corrected chi connectivity index (χ1v) is 14.7. The van der Waals surface area contributed by atoms with E-state index in [4.69, 9.17) is 75.8 Å². The smallest absolute Gasteiger partial charge is 0.224 e. The third kappa shape index (κ3) is 7.99. The van der Waals surface area contributed by atoms with Gasteiger partial charge in [-0.05, 0) is 0 Å². The van der Waals surface area contributed by atoms with Crippen LogP contribution in [0.2, 0.25) is 0 Å². The molecule has 0 saturated carbocycles. The maximum absolute atomic E-state index is 6.64. The topological polar surface area (TPSA) is 148 Å². The van der Waals surface area contributed by atoms with Gasteiger partial charge < -0.3 is 75.8 Å². The summed E-state index contributed by atoms with van der Waals surface area (Å²) in [5.41, 5.74) is -0.984. The molecule has 3 aliphatic heterocycles. The first-order valence-electron chi connectivity index (χ1n) is 14.7. The van der Waals surface area contributed by atoms with Crippen molar-refractivity contribution in [3.63, 3.8) is 0 Å². The van der Waals surface area contributed by atoms with Gasteiger partial charge in [-0.15, -0.1) is 0 Å². The molecule has 3 aliphatic rings. The summed E-state index contributed by atoms with van der Waals surface area (Å²) >= 11 is 0. The van der Waals surface area contributed by atoms with Gasteiger partial charge in [0.2, 0.25) is 5.79 Å². The van der Waals surface area contributed by atoms with Crippen LogP contribution in [0.5, 0.6) is 0 Å². The first-order chi connectivity index (χ1) is 21.8. The zero-order valence-corrected chi connectivity index (χ0v) is 28.4. The van der Waals surface area contributed by atoms with Crippen LogP contribution < -0.4 is 0 Å². The molecule has 0 aliphatic carbocycles. The van der Waals surface area contributed by atoms with E-state index in [1.165, 1.54) is 21.3 Å². The molecule has 3 fully saturated rings. The maximum Gasteiger partial charge on any atom is 0.224 e. The van der Waals surface area contributed by atoms with Crippen LogP contribution in [0.4, 0.5) is 0 Å². The number of ether oxygens (including phenoxy) is 16. The third-order valence-corrected chi connectivity index (χ3v) is 8.70. The number of rotatable bonds is 19. The van der Waals surface area contributed by atoms with Crippen molar-refractivity contribution >= 4 is 0 Å². The molecular weight excluding hydrogens is 604 g/mol. The summed E-state index contributed by atoms with van der Waals surface area (Å²) in [5, 5.41) is 0. The molecule has 0 aromatic heterocycles. The highest BCUT2D eigenvalue weighted by atomic mass is 16.8. The largest absolute Gasteiger partial charge is 0.382 e. The van der Waals surface area contributed by atoms with E-state index >= 15 is 0 Å². The van der Waals surface area contributed by atoms with Crippen molar-refractivity contribution in [3.05, 3.63) is 0 Å². The van der Waals surface area contributed by atoms with Gasteiger partial charge in [-0.1, -0.05) is 0 Å². The van der Waals surface area contributed by atoms with Crippen molar-refractivity contribution in [2.45, 2.75) is 78.9 Å². The van der Waals surface area contributed by atoms with E-state index in [0.29, 0.717) is 0 Å². The molecule has 13 unspecified atom stereocenters. The molecule has 0 radical (unpaired) electrons. The Kier molecular flexibility index (Phi) is 15.7. The van der Waals surface area contributed by atoms with E-state index in [1.807, 2.05) is 0 Å². The number of hydrogen-bond acceptors (Lipinski definition) is 16. The minimum Gasteiger partial charge on any atom is -0.382 e. The Hall–Kier alpha value is -0.640. The van der Waals surface area contributed by atoms with E-state index in [9.17, 15) is 0 Å². The van der Waals surface area contributed by atoms with Crippen LogP contribution in [0.1, 0.15) is 0 Å². The van der Waals surface area contributed by atoms with Crippen molar-refractivity contribution in [3.8, 4) is 0 Å². The van der Waals surface area contributed by atoms with Gasteiger partial charge in [0.25, 0.3) is 0 Å². The highest BCUT2D eigenvalue weighted by Crippen LogP contribution is 2.42. The van der Waals surface area contributed by atoms with Gasteiger partial charge >= 0.3 is 0 Å². The molecule has 45 heavy (non-hydrogen) atoms. The highest BCUT2D eigenvalue weighted by molar-refractivity contribution is 5.06. The molecule has 0 aromatic rings. The third-order valence-electron chi connectivity index (χ3n) is 8.70. The Bertz CT molecular complexity index is 840. The van der Waals surface area contributed by atoms with E-state index in [-0.39, 0.29) is 33.0 Å². The second kappa shape index (κ2) is 18.2. The standard InChI is InChI=1S/C29H54O16/c1-30-12-17-19(33-4)21(35-6)23(37-8)25(43-17)41-13-18-20(34-5)22(36-7)24(38-9)26(44-18)45-29(16-32-3)27(39-10)28(40-11,14-31-2)15-42-29/h17-27H,12-16H2,1-11H3. The van der Waals surface area contributed by atoms with Crippen molar-refractivity contribution < 1.29 is 75.8 Å². The van der Waals surface area contributed by atoms with E-state index in [0.717, 1.165) is 0 Å². The van der Waals surface area contributed by atoms with Crippen molar-refractivity contribution in [2.75, 3.05) is 111 Å². The average Bonchev–Trinajstić information content (AvgIpc) is 3.35. The minimum absolute atomic E-state index is 0.00943.